The molecule has 9 heteroatoms. The number of rotatable bonds is 8. The van der Waals surface area contributed by atoms with Crippen LogP contribution in [0.3, 0.4) is 0 Å². The van der Waals surface area contributed by atoms with E-state index in [9.17, 15) is 9.59 Å². The van der Waals surface area contributed by atoms with Crippen LogP contribution in [-0.4, -0.2) is 50.3 Å². The third kappa shape index (κ3) is 5.31. The minimum Gasteiger partial charge on any atom is -0.493 e. The topological polar surface area (TPSA) is 112 Å². The number of methoxy groups -OCH3 is 2. The van der Waals surface area contributed by atoms with Crippen molar-refractivity contribution in [3.63, 3.8) is 0 Å². The molecule has 0 fully saturated rings. The van der Waals surface area contributed by atoms with Crippen molar-refractivity contribution in [2.75, 3.05) is 32.6 Å². The van der Waals surface area contributed by atoms with E-state index in [-0.39, 0.29) is 5.91 Å². The second kappa shape index (κ2) is 10.4. The third-order valence-electron chi connectivity index (χ3n) is 6.63. The molecule has 37 heavy (non-hydrogen) atoms. The van der Waals surface area contributed by atoms with Gasteiger partial charge in [0.25, 0.3) is 11.8 Å². The summed E-state index contributed by atoms with van der Waals surface area (Å²) < 4.78 is 21.5. The van der Waals surface area contributed by atoms with E-state index in [1.54, 1.807) is 26.4 Å². The van der Waals surface area contributed by atoms with Crippen molar-refractivity contribution in [1.29, 1.82) is 0 Å². The first-order chi connectivity index (χ1) is 17.9. The number of hydrogen-bond donors (Lipinski definition) is 2. The molecule has 0 saturated carbocycles. The Labute approximate surface area is 215 Å². The fourth-order valence-corrected chi connectivity index (χ4v) is 4.59. The van der Waals surface area contributed by atoms with E-state index in [0.29, 0.717) is 22.7 Å². The zero-order valence-electron chi connectivity index (χ0n) is 20.8. The Kier molecular flexibility index (Phi) is 6.87. The SMILES string of the molecule is COc1cc2c(cc1OC)CN(CCc1ccc(NC(=O)c3ccc4c(c3)OC(C(N)=O)O4)cc1)CC2. The highest BCUT2D eigenvalue weighted by molar-refractivity contribution is 6.04. The molecule has 2 aliphatic heterocycles. The van der Waals surface area contributed by atoms with Gasteiger partial charge in [-0.05, 0) is 72.0 Å². The van der Waals surface area contributed by atoms with Gasteiger partial charge in [0, 0.05) is 30.9 Å². The number of ether oxygens (including phenoxy) is 4. The van der Waals surface area contributed by atoms with E-state index in [4.69, 9.17) is 24.7 Å². The predicted molar refractivity (Wildman–Crippen MR) is 137 cm³/mol. The van der Waals surface area contributed by atoms with Gasteiger partial charge in [-0.2, -0.15) is 0 Å². The lowest BCUT2D eigenvalue weighted by atomic mass is 9.98. The van der Waals surface area contributed by atoms with Gasteiger partial charge in [-0.1, -0.05) is 12.1 Å². The minimum absolute atomic E-state index is 0.291. The van der Waals surface area contributed by atoms with Crippen LogP contribution in [0.5, 0.6) is 23.0 Å². The number of amides is 2. The van der Waals surface area contributed by atoms with Gasteiger partial charge in [-0.3, -0.25) is 14.5 Å². The predicted octanol–water partition coefficient (Wildman–Crippen LogP) is 3.14. The molecule has 0 saturated heterocycles. The fourth-order valence-electron chi connectivity index (χ4n) is 4.59. The number of carbonyl (C=O) groups excluding carboxylic acids is 2. The number of nitrogens with two attached hydrogens (primary N) is 1. The number of anilines is 1. The number of primary amides is 1. The maximum Gasteiger partial charge on any atom is 0.321 e. The van der Waals surface area contributed by atoms with Crippen molar-refractivity contribution in [2.45, 2.75) is 25.7 Å². The summed E-state index contributed by atoms with van der Waals surface area (Å²) in [5.41, 5.74) is 10.1. The van der Waals surface area contributed by atoms with Gasteiger partial charge in [0.05, 0.1) is 14.2 Å². The van der Waals surface area contributed by atoms with Crippen LogP contribution in [0.1, 0.15) is 27.0 Å². The molecule has 1 atom stereocenters. The molecule has 1 unspecified atom stereocenters. The van der Waals surface area contributed by atoms with Crippen molar-refractivity contribution in [2.24, 2.45) is 5.73 Å². The summed E-state index contributed by atoms with van der Waals surface area (Å²) in [7, 11) is 3.32. The molecule has 2 amide bonds. The molecule has 0 aromatic heterocycles. The van der Waals surface area contributed by atoms with Gasteiger partial charge >= 0.3 is 6.29 Å². The molecule has 0 bridgehead atoms. The molecule has 3 N–H and O–H groups in total. The van der Waals surface area contributed by atoms with E-state index >= 15 is 0 Å². The van der Waals surface area contributed by atoms with Crippen LogP contribution in [-0.2, 0) is 24.2 Å². The largest absolute Gasteiger partial charge is 0.493 e. The van der Waals surface area contributed by atoms with E-state index < -0.39 is 12.2 Å². The smallest absolute Gasteiger partial charge is 0.321 e. The van der Waals surface area contributed by atoms with Crippen molar-refractivity contribution in [3.8, 4) is 23.0 Å². The van der Waals surface area contributed by atoms with Crippen molar-refractivity contribution >= 4 is 17.5 Å². The Morgan fingerprint density at radius 1 is 0.973 bits per heavy atom. The highest BCUT2D eigenvalue weighted by Gasteiger charge is 2.29. The second-order valence-electron chi connectivity index (χ2n) is 9.03. The molecular formula is C28H29N3O6. The Balaban J connectivity index is 1.15. The lowest BCUT2D eigenvalue weighted by molar-refractivity contribution is -0.133. The van der Waals surface area contributed by atoms with Crippen LogP contribution in [0, 0.1) is 0 Å². The number of nitrogens with zero attached hydrogens (tertiary/aromatic N) is 1. The summed E-state index contributed by atoms with van der Waals surface area (Å²) in [6.07, 6.45) is 0.705. The lowest BCUT2D eigenvalue weighted by Gasteiger charge is -2.29. The number of hydrogen-bond acceptors (Lipinski definition) is 7. The first-order valence-electron chi connectivity index (χ1n) is 12.1. The Bertz CT molecular complexity index is 1320. The number of carbonyl (C=O) groups is 2. The first kappa shape index (κ1) is 24.5. The summed E-state index contributed by atoms with van der Waals surface area (Å²) in [4.78, 5) is 26.4. The van der Waals surface area contributed by atoms with Gasteiger partial charge < -0.3 is 30.0 Å². The van der Waals surface area contributed by atoms with E-state index in [1.165, 1.54) is 22.8 Å². The molecule has 3 aromatic carbocycles. The number of nitrogens with one attached hydrogen (secondary N) is 1. The molecule has 0 spiro atoms. The van der Waals surface area contributed by atoms with Gasteiger partial charge in [0.1, 0.15) is 0 Å². The molecular weight excluding hydrogens is 474 g/mol. The summed E-state index contributed by atoms with van der Waals surface area (Å²) in [6, 6.07) is 16.7. The third-order valence-corrected chi connectivity index (χ3v) is 6.63. The van der Waals surface area contributed by atoms with E-state index in [1.807, 2.05) is 24.3 Å². The molecule has 3 aromatic rings. The van der Waals surface area contributed by atoms with Crippen LogP contribution in [0.2, 0.25) is 0 Å². The van der Waals surface area contributed by atoms with E-state index in [2.05, 4.69) is 22.3 Å². The Morgan fingerprint density at radius 2 is 1.68 bits per heavy atom. The van der Waals surface area contributed by atoms with Crippen LogP contribution in [0.15, 0.2) is 54.6 Å². The van der Waals surface area contributed by atoms with Gasteiger partial charge in [-0.25, -0.2) is 0 Å². The summed E-state index contributed by atoms with van der Waals surface area (Å²) in [5.74, 6) is 1.20. The number of fused-ring (bicyclic) bond motifs is 2. The quantitative estimate of drug-likeness (QED) is 0.486. The van der Waals surface area contributed by atoms with Crippen molar-refractivity contribution in [3.05, 3.63) is 76.9 Å². The normalized spacial score (nSPS) is 16.1. The lowest BCUT2D eigenvalue weighted by Crippen LogP contribution is -2.35. The molecule has 2 heterocycles. The van der Waals surface area contributed by atoms with Crippen molar-refractivity contribution in [1.82, 2.24) is 4.90 Å². The summed E-state index contributed by atoms with van der Waals surface area (Å²) in [6.45, 7) is 2.80. The minimum atomic E-state index is -1.17. The van der Waals surface area contributed by atoms with Gasteiger partial charge in [0.15, 0.2) is 23.0 Å². The van der Waals surface area contributed by atoms with Crippen LogP contribution >= 0.6 is 0 Å². The Morgan fingerprint density at radius 3 is 2.38 bits per heavy atom. The van der Waals surface area contributed by atoms with Crippen LogP contribution in [0.25, 0.3) is 0 Å². The van der Waals surface area contributed by atoms with Crippen molar-refractivity contribution < 1.29 is 28.5 Å². The first-order valence-corrected chi connectivity index (χ1v) is 12.1. The average Bonchev–Trinajstić information content (AvgIpc) is 3.36. The highest BCUT2D eigenvalue weighted by Crippen LogP contribution is 2.36. The molecule has 0 aliphatic carbocycles. The molecule has 9 nitrogen and oxygen atoms in total. The van der Waals surface area contributed by atoms with Gasteiger partial charge in [0.2, 0.25) is 0 Å². The monoisotopic (exact) mass is 503 g/mol. The standard InChI is InChI=1S/C28H29N3O6/c1-34-23-13-18-10-12-31(16-20(18)15-24(23)35-2)11-9-17-3-6-21(7-4-17)30-27(33)19-5-8-22-25(14-19)37-28(36-22)26(29)32/h3-8,13-15,28H,9-12,16H2,1-2H3,(H2,29,32)(H,30,33). The molecule has 0 radical (unpaired) electrons. The fraction of sp³-hybridized carbons (Fsp3) is 0.286. The summed E-state index contributed by atoms with van der Waals surface area (Å²) >= 11 is 0. The maximum atomic E-state index is 12.7. The van der Waals surface area contributed by atoms with Gasteiger partial charge in [-0.15, -0.1) is 0 Å². The summed E-state index contributed by atoms with van der Waals surface area (Å²) in [5, 5.41) is 2.89. The molecule has 192 valence electrons. The zero-order valence-corrected chi connectivity index (χ0v) is 20.8. The second-order valence-corrected chi connectivity index (χ2v) is 9.03. The average molecular weight is 504 g/mol. The number of benzene rings is 3. The van der Waals surface area contributed by atoms with E-state index in [0.717, 1.165) is 44.0 Å². The van der Waals surface area contributed by atoms with Crippen LogP contribution in [0.4, 0.5) is 5.69 Å². The zero-order chi connectivity index (χ0) is 25.9. The molecule has 2 aliphatic rings. The molecule has 5 rings (SSSR count). The maximum absolute atomic E-state index is 12.7. The highest BCUT2D eigenvalue weighted by atomic mass is 16.7. The Hall–Kier alpha value is -4.24. The van der Waals surface area contributed by atoms with Crippen LogP contribution < -0.4 is 30.0 Å².